The Labute approximate surface area is 117 Å². The van der Waals surface area contributed by atoms with Crippen LogP contribution in [-0.4, -0.2) is 29.7 Å². The Morgan fingerprint density at radius 2 is 2.25 bits per heavy atom. The molecule has 0 radical (unpaired) electrons. The molecule has 2 aromatic rings. The smallest absolute Gasteiger partial charge is 0.260 e. The predicted octanol–water partition coefficient (Wildman–Crippen LogP) is 1.59. The van der Waals surface area contributed by atoms with Gasteiger partial charge in [-0.25, -0.2) is 4.98 Å². The van der Waals surface area contributed by atoms with Gasteiger partial charge in [0.25, 0.3) is 5.56 Å². The zero-order valence-corrected chi connectivity index (χ0v) is 11.8. The SMILES string of the molecule is CC(C)COCCNc1nc2ccc(N)cc2c(=O)[nH]1. The number of nitrogen functional groups attached to an aromatic ring is 1. The Bertz CT molecular complexity index is 637. The highest BCUT2D eigenvalue weighted by molar-refractivity contribution is 5.81. The number of H-pyrrole nitrogens is 1. The third-order valence-electron chi connectivity index (χ3n) is 2.72. The van der Waals surface area contributed by atoms with E-state index in [1.165, 1.54) is 0 Å². The summed E-state index contributed by atoms with van der Waals surface area (Å²) in [6, 6.07) is 5.08. The summed E-state index contributed by atoms with van der Waals surface area (Å²) in [4.78, 5) is 18.9. The number of hydrogen-bond donors (Lipinski definition) is 3. The van der Waals surface area contributed by atoms with Gasteiger partial charge >= 0.3 is 0 Å². The topological polar surface area (TPSA) is 93.0 Å². The Kier molecular flexibility index (Phi) is 4.57. The average molecular weight is 276 g/mol. The number of fused-ring (bicyclic) bond motifs is 1. The molecule has 0 atom stereocenters. The highest BCUT2D eigenvalue weighted by Gasteiger charge is 2.03. The van der Waals surface area contributed by atoms with Crippen molar-refractivity contribution in [1.29, 1.82) is 0 Å². The Hall–Kier alpha value is -2.08. The molecule has 0 saturated heterocycles. The number of anilines is 2. The second-order valence-corrected chi connectivity index (χ2v) is 5.09. The summed E-state index contributed by atoms with van der Waals surface area (Å²) in [5.41, 5.74) is 6.62. The fraction of sp³-hybridized carbons (Fsp3) is 0.429. The molecule has 0 amide bonds. The minimum absolute atomic E-state index is 0.201. The molecule has 0 unspecified atom stereocenters. The van der Waals surface area contributed by atoms with Gasteiger partial charge in [0.15, 0.2) is 0 Å². The molecule has 6 heteroatoms. The fourth-order valence-corrected chi connectivity index (χ4v) is 1.80. The standard InChI is InChI=1S/C14H20N4O2/c1-9(2)8-20-6-5-16-14-17-12-4-3-10(15)7-11(12)13(19)18-14/h3-4,7,9H,5-6,8,15H2,1-2H3,(H2,16,17,18,19). The number of hydrogen-bond acceptors (Lipinski definition) is 5. The number of aromatic amines is 1. The molecule has 0 saturated carbocycles. The summed E-state index contributed by atoms with van der Waals surface area (Å²) in [6.07, 6.45) is 0. The molecule has 1 aromatic carbocycles. The molecular weight excluding hydrogens is 256 g/mol. The van der Waals surface area contributed by atoms with E-state index in [9.17, 15) is 4.79 Å². The second kappa shape index (κ2) is 6.38. The molecule has 108 valence electrons. The van der Waals surface area contributed by atoms with Crippen molar-refractivity contribution in [2.24, 2.45) is 5.92 Å². The molecule has 1 aromatic heterocycles. The molecule has 0 spiro atoms. The van der Waals surface area contributed by atoms with E-state index in [0.29, 0.717) is 41.6 Å². The summed E-state index contributed by atoms with van der Waals surface area (Å²) in [5.74, 6) is 0.958. The molecule has 0 aliphatic rings. The van der Waals surface area contributed by atoms with Crippen LogP contribution in [0.25, 0.3) is 10.9 Å². The summed E-state index contributed by atoms with van der Waals surface area (Å²) in [7, 11) is 0. The van der Waals surface area contributed by atoms with Crippen molar-refractivity contribution in [2.75, 3.05) is 30.8 Å². The number of nitrogens with one attached hydrogen (secondary N) is 2. The minimum Gasteiger partial charge on any atom is -0.399 e. The third kappa shape index (κ3) is 3.71. The quantitative estimate of drug-likeness (QED) is 0.550. The molecular formula is C14H20N4O2. The van der Waals surface area contributed by atoms with Crippen molar-refractivity contribution < 1.29 is 4.74 Å². The Morgan fingerprint density at radius 1 is 1.45 bits per heavy atom. The van der Waals surface area contributed by atoms with Crippen LogP contribution < -0.4 is 16.6 Å². The van der Waals surface area contributed by atoms with Gasteiger partial charge in [0.05, 0.1) is 17.5 Å². The van der Waals surface area contributed by atoms with Crippen LogP contribution in [0.5, 0.6) is 0 Å². The minimum atomic E-state index is -0.201. The van der Waals surface area contributed by atoms with E-state index in [1.807, 2.05) is 0 Å². The molecule has 1 heterocycles. The molecule has 4 N–H and O–H groups in total. The molecule has 20 heavy (non-hydrogen) atoms. The number of ether oxygens (including phenoxy) is 1. The van der Waals surface area contributed by atoms with Crippen LogP contribution in [0.1, 0.15) is 13.8 Å². The summed E-state index contributed by atoms with van der Waals surface area (Å²) < 4.78 is 5.45. The van der Waals surface area contributed by atoms with Gasteiger partial charge in [-0.3, -0.25) is 9.78 Å². The maximum Gasteiger partial charge on any atom is 0.260 e. The van der Waals surface area contributed by atoms with Crippen LogP contribution in [0.2, 0.25) is 0 Å². The van der Waals surface area contributed by atoms with E-state index >= 15 is 0 Å². The molecule has 0 aliphatic carbocycles. The first-order valence-electron chi connectivity index (χ1n) is 6.67. The summed E-state index contributed by atoms with van der Waals surface area (Å²) in [6.45, 7) is 6.09. The van der Waals surface area contributed by atoms with Crippen molar-refractivity contribution in [2.45, 2.75) is 13.8 Å². The van der Waals surface area contributed by atoms with Gasteiger partial charge in [-0.05, 0) is 24.1 Å². The molecule has 0 bridgehead atoms. The van der Waals surface area contributed by atoms with E-state index in [2.05, 4.69) is 29.1 Å². The first-order chi connectivity index (χ1) is 9.56. The largest absolute Gasteiger partial charge is 0.399 e. The van der Waals surface area contributed by atoms with Gasteiger partial charge in [-0.15, -0.1) is 0 Å². The molecule has 0 aliphatic heterocycles. The van der Waals surface area contributed by atoms with Crippen LogP contribution in [0.15, 0.2) is 23.0 Å². The molecule has 0 fully saturated rings. The molecule has 2 rings (SSSR count). The number of benzene rings is 1. The van der Waals surface area contributed by atoms with E-state index < -0.39 is 0 Å². The third-order valence-corrected chi connectivity index (χ3v) is 2.72. The van der Waals surface area contributed by atoms with Crippen molar-refractivity contribution in [1.82, 2.24) is 9.97 Å². The fourth-order valence-electron chi connectivity index (χ4n) is 1.80. The van der Waals surface area contributed by atoms with Crippen molar-refractivity contribution in [3.8, 4) is 0 Å². The van der Waals surface area contributed by atoms with Crippen LogP contribution in [0.3, 0.4) is 0 Å². The van der Waals surface area contributed by atoms with Gasteiger partial charge in [-0.2, -0.15) is 0 Å². The first kappa shape index (κ1) is 14.3. The van der Waals surface area contributed by atoms with Gasteiger partial charge in [-0.1, -0.05) is 13.8 Å². The monoisotopic (exact) mass is 276 g/mol. The number of aromatic nitrogens is 2. The van der Waals surface area contributed by atoms with E-state index in [0.717, 1.165) is 6.61 Å². The zero-order chi connectivity index (χ0) is 14.5. The Balaban J connectivity index is 2.01. The first-order valence-corrected chi connectivity index (χ1v) is 6.67. The van der Waals surface area contributed by atoms with E-state index in [-0.39, 0.29) is 5.56 Å². The lowest BCUT2D eigenvalue weighted by molar-refractivity contribution is 0.118. The van der Waals surface area contributed by atoms with Gasteiger partial charge < -0.3 is 15.8 Å². The average Bonchev–Trinajstić information content (AvgIpc) is 2.39. The lowest BCUT2D eigenvalue weighted by Crippen LogP contribution is -2.17. The lowest BCUT2D eigenvalue weighted by atomic mass is 10.2. The van der Waals surface area contributed by atoms with E-state index in [4.69, 9.17) is 10.5 Å². The zero-order valence-electron chi connectivity index (χ0n) is 11.8. The highest BCUT2D eigenvalue weighted by atomic mass is 16.5. The predicted molar refractivity (Wildman–Crippen MR) is 80.9 cm³/mol. The number of nitrogens with two attached hydrogens (primary N) is 1. The van der Waals surface area contributed by atoms with Gasteiger partial charge in [0.1, 0.15) is 0 Å². The maximum atomic E-state index is 11.9. The van der Waals surface area contributed by atoms with E-state index in [1.54, 1.807) is 18.2 Å². The van der Waals surface area contributed by atoms with Crippen molar-refractivity contribution in [3.63, 3.8) is 0 Å². The number of nitrogens with zero attached hydrogens (tertiary/aromatic N) is 1. The van der Waals surface area contributed by atoms with Gasteiger partial charge in [0, 0.05) is 18.8 Å². The van der Waals surface area contributed by atoms with Gasteiger partial charge in [0.2, 0.25) is 5.95 Å². The van der Waals surface area contributed by atoms with Crippen LogP contribution in [0, 0.1) is 5.92 Å². The molecule has 6 nitrogen and oxygen atoms in total. The Morgan fingerprint density at radius 3 is 3.00 bits per heavy atom. The van der Waals surface area contributed by atoms with Crippen LogP contribution in [0.4, 0.5) is 11.6 Å². The maximum absolute atomic E-state index is 11.9. The number of rotatable bonds is 6. The summed E-state index contributed by atoms with van der Waals surface area (Å²) >= 11 is 0. The van der Waals surface area contributed by atoms with Crippen molar-refractivity contribution in [3.05, 3.63) is 28.6 Å². The van der Waals surface area contributed by atoms with Crippen LogP contribution >= 0.6 is 0 Å². The second-order valence-electron chi connectivity index (χ2n) is 5.09. The summed E-state index contributed by atoms with van der Waals surface area (Å²) in [5, 5.41) is 3.54. The van der Waals surface area contributed by atoms with Crippen molar-refractivity contribution >= 4 is 22.5 Å². The highest BCUT2D eigenvalue weighted by Crippen LogP contribution is 2.12. The lowest BCUT2D eigenvalue weighted by Gasteiger charge is -2.08. The normalized spacial score (nSPS) is 11.2. The van der Waals surface area contributed by atoms with Crippen LogP contribution in [-0.2, 0) is 4.74 Å².